The zero-order chi connectivity index (χ0) is 10.6. The van der Waals surface area contributed by atoms with Crippen molar-refractivity contribution in [3.63, 3.8) is 0 Å². The van der Waals surface area contributed by atoms with Gasteiger partial charge in [0.1, 0.15) is 11.4 Å². The molecule has 1 heterocycles. The summed E-state index contributed by atoms with van der Waals surface area (Å²) in [6.07, 6.45) is 2.88. The van der Waals surface area contributed by atoms with Gasteiger partial charge in [0.05, 0.1) is 6.61 Å². The largest absolute Gasteiger partial charge is 0.495 e. The van der Waals surface area contributed by atoms with Crippen LogP contribution in [0.3, 0.4) is 0 Å². The molecular formula is C11H21NO2. The highest BCUT2D eigenvalue weighted by Crippen LogP contribution is 2.22. The molecule has 0 amide bonds. The summed E-state index contributed by atoms with van der Waals surface area (Å²) in [5, 5.41) is 13.3. The monoisotopic (exact) mass is 199 g/mol. The second-order valence-electron chi connectivity index (χ2n) is 4.50. The first-order valence-corrected chi connectivity index (χ1v) is 5.29. The first-order valence-electron chi connectivity index (χ1n) is 5.29. The van der Waals surface area contributed by atoms with Crippen LogP contribution in [-0.4, -0.2) is 30.4 Å². The smallest absolute Gasteiger partial charge is 0.131 e. The van der Waals surface area contributed by atoms with Gasteiger partial charge in [0.2, 0.25) is 0 Å². The zero-order valence-corrected chi connectivity index (χ0v) is 9.34. The minimum absolute atomic E-state index is 0.553. The number of rotatable bonds is 5. The standard InChI is InChI=1S/C11H21NO2/c1-9(2)7-12-8-11(3,13)10-5-4-6-14-10/h5,9,12-13H,4,6-8H2,1-3H3. The minimum Gasteiger partial charge on any atom is -0.495 e. The molecule has 0 aliphatic carbocycles. The molecule has 3 nitrogen and oxygen atoms in total. The van der Waals surface area contributed by atoms with Gasteiger partial charge in [-0.05, 0) is 25.5 Å². The summed E-state index contributed by atoms with van der Waals surface area (Å²) in [6.45, 7) is 8.26. The van der Waals surface area contributed by atoms with Crippen molar-refractivity contribution < 1.29 is 9.84 Å². The van der Waals surface area contributed by atoms with Crippen molar-refractivity contribution in [2.45, 2.75) is 32.8 Å². The summed E-state index contributed by atoms with van der Waals surface area (Å²) in [5.41, 5.74) is -0.856. The second-order valence-corrected chi connectivity index (χ2v) is 4.50. The van der Waals surface area contributed by atoms with Crippen molar-refractivity contribution in [2.24, 2.45) is 5.92 Å². The van der Waals surface area contributed by atoms with Gasteiger partial charge in [-0.2, -0.15) is 0 Å². The Hall–Kier alpha value is -0.540. The molecule has 0 bridgehead atoms. The first-order chi connectivity index (χ1) is 6.52. The van der Waals surface area contributed by atoms with Crippen molar-refractivity contribution in [1.29, 1.82) is 0 Å². The van der Waals surface area contributed by atoms with E-state index in [2.05, 4.69) is 19.2 Å². The molecule has 1 atom stereocenters. The number of aliphatic hydroxyl groups is 1. The Morgan fingerprint density at radius 1 is 1.64 bits per heavy atom. The van der Waals surface area contributed by atoms with Gasteiger partial charge in [0.15, 0.2) is 0 Å². The molecule has 82 valence electrons. The Balaban J connectivity index is 2.33. The molecule has 0 saturated heterocycles. The molecule has 1 unspecified atom stereocenters. The van der Waals surface area contributed by atoms with E-state index in [4.69, 9.17) is 4.74 Å². The third-order valence-electron chi connectivity index (χ3n) is 2.26. The summed E-state index contributed by atoms with van der Waals surface area (Å²) in [5.74, 6) is 1.32. The van der Waals surface area contributed by atoms with Gasteiger partial charge in [-0.25, -0.2) is 0 Å². The highest BCUT2D eigenvalue weighted by atomic mass is 16.5. The van der Waals surface area contributed by atoms with E-state index in [9.17, 15) is 5.11 Å². The number of ether oxygens (including phenoxy) is 1. The van der Waals surface area contributed by atoms with Crippen LogP contribution in [0.5, 0.6) is 0 Å². The predicted octanol–water partition coefficient (Wildman–Crippen LogP) is 1.29. The van der Waals surface area contributed by atoms with Crippen molar-refractivity contribution >= 4 is 0 Å². The van der Waals surface area contributed by atoms with Gasteiger partial charge in [-0.1, -0.05) is 13.8 Å². The predicted molar refractivity (Wildman–Crippen MR) is 57.0 cm³/mol. The Kier molecular flexibility index (Phi) is 3.96. The molecule has 3 heteroatoms. The summed E-state index contributed by atoms with van der Waals surface area (Å²) in [6, 6.07) is 0. The Bertz CT molecular complexity index is 209. The second kappa shape index (κ2) is 4.80. The van der Waals surface area contributed by atoms with Gasteiger partial charge in [0, 0.05) is 13.0 Å². The van der Waals surface area contributed by atoms with E-state index in [1.807, 2.05) is 6.08 Å². The van der Waals surface area contributed by atoms with Crippen LogP contribution in [0.2, 0.25) is 0 Å². The SMILES string of the molecule is CC(C)CNCC(C)(O)C1=CCCO1. The molecule has 1 rings (SSSR count). The Morgan fingerprint density at radius 3 is 2.86 bits per heavy atom. The van der Waals surface area contributed by atoms with E-state index in [-0.39, 0.29) is 0 Å². The van der Waals surface area contributed by atoms with Crippen LogP contribution in [0.4, 0.5) is 0 Å². The van der Waals surface area contributed by atoms with E-state index in [1.54, 1.807) is 6.92 Å². The van der Waals surface area contributed by atoms with Crippen LogP contribution in [0, 0.1) is 5.92 Å². The molecular weight excluding hydrogens is 178 g/mol. The number of hydrogen-bond acceptors (Lipinski definition) is 3. The molecule has 0 aromatic heterocycles. The first kappa shape index (κ1) is 11.5. The fourth-order valence-electron chi connectivity index (χ4n) is 1.48. The average molecular weight is 199 g/mol. The van der Waals surface area contributed by atoms with Crippen molar-refractivity contribution in [1.82, 2.24) is 5.32 Å². The fraction of sp³-hybridized carbons (Fsp3) is 0.818. The lowest BCUT2D eigenvalue weighted by Gasteiger charge is -2.25. The summed E-state index contributed by atoms with van der Waals surface area (Å²) < 4.78 is 5.35. The molecule has 0 spiro atoms. The summed E-state index contributed by atoms with van der Waals surface area (Å²) in [7, 11) is 0. The van der Waals surface area contributed by atoms with Gasteiger partial charge in [0.25, 0.3) is 0 Å². The van der Waals surface area contributed by atoms with E-state index < -0.39 is 5.60 Å². The lowest BCUT2D eigenvalue weighted by atomic mass is 10.0. The molecule has 0 aromatic carbocycles. The third kappa shape index (κ3) is 3.31. The van der Waals surface area contributed by atoms with Gasteiger partial charge in [-0.3, -0.25) is 0 Å². The zero-order valence-electron chi connectivity index (χ0n) is 9.34. The third-order valence-corrected chi connectivity index (χ3v) is 2.26. The average Bonchev–Trinajstić information content (AvgIpc) is 2.54. The van der Waals surface area contributed by atoms with Gasteiger partial charge in [-0.15, -0.1) is 0 Å². The Morgan fingerprint density at radius 2 is 2.36 bits per heavy atom. The number of nitrogens with one attached hydrogen (secondary N) is 1. The van der Waals surface area contributed by atoms with Crippen LogP contribution >= 0.6 is 0 Å². The summed E-state index contributed by atoms with van der Waals surface area (Å²) in [4.78, 5) is 0. The number of hydrogen-bond donors (Lipinski definition) is 2. The van der Waals surface area contributed by atoms with Gasteiger partial charge >= 0.3 is 0 Å². The maximum absolute atomic E-state index is 10.1. The van der Waals surface area contributed by atoms with Crippen molar-refractivity contribution in [2.75, 3.05) is 19.7 Å². The van der Waals surface area contributed by atoms with Crippen LogP contribution in [0.1, 0.15) is 27.2 Å². The molecule has 0 fully saturated rings. The van der Waals surface area contributed by atoms with E-state index in [0.29, 0.717) is 24.8 Å². The molecule has 0 saturated carbocycles. The molecule has 2 N–H and O–H groups in total. The van der Waals surface area contributed by atoms with E-state index >= 15 is 0 Å². The summed E-state index contributed by atoms with van der Waals surface area (Å²) >= 11 is 0. The quantitative estimate of drug-likeness (QED) is 0.701. The van der Waals surface area contributed by atoms with E-state index in [0.717, 1.165) is 13.0 Å². The minimum atomic E-state index is -0.856. The highest BCUT2D eigenvalue weighted by molar-refractivity contribution is 5.12. The van der Waals surface area contributed by atoms with E-state index in [1.165, 1.54) is 0 Å². The van der Waals surface area contributed by atoms with Crippen LogP contribution in [-0.2, 0) is 4.74 Å². The van der Waals surface area contributed by atoms with Gasteiger partial charge < -0.3 is 15.2 Å². The molecule has 1 aliphatic heterocycles. The van der Waals surface area contributed by atoms with Crippen LogP contribution in [0.25, 0.3) is 0 Å². The topological polar surface area (TPSA) is 41.5 Å². The molecule has 1 aliphatic rings. The lowest BCUT2D eigenvalue weighted by Crippen LogP contribution is -2.40. The van der Waals surface area contributed by atoms with Crippen LogP contribution in [0.15, 0.2) is 11.8 Å². The molecule has 0 aromatic rings. The Labute approximate surface area is 86.2 Å². The van der Waals surface area contributed by atoms with Crippen molar-refractivity contribution in [3.8, 4) is 0 Å². The highest BCUT2D eigenvalue weighted by Gasteiger charge is 2.28. The molecule has 0 radical (unpaired) electrons. The fourth-order valence-corrected chi connectivity index (χ4v) is 1.48. The lowest BCUT2D eigenvalue weighted by molar-refractivity contribution is 0.0346. The normalized spacial score (nSPS) is 20.5. The van der Waals surface area contributed by atoms with Crippen molar-refractivity contribution in [3.05, 3.63) is 11.8 Å². The maximum Gasteiger partial charge on any atom is 0.131 e. The van der Waals surface area contributed by atoms with Crippen LogP contribution < -0.4 is 5.32 Å². The maximum atomic E-state index is 10.1. The molecule has 14 heavy (non-hydrogen) atoms.